The van der Waals surface area contributed by atoms with Crippen LogP contribution in [0.4, 0.5) is 0 Å². The number of hydrogen-bond acceptors (Lipinski definition) is 4. The Morgan fingerprint density at radius 2 is 1.95 bits per heavy atom. The van der Waals surface area contributed by atoms with Crippen molar-refractivity contribution in [1.82, 2.24) is 9.88 Å². The van der Waals surface area contributed by atoms with Gasteiger partial charge in [0, 0.05) is 13.1 Å². The molecule has 0 aliphatic carbocycles. The largest absolute Gasteiger partial charge is 0.478 e. The van der Waals surface area contributed by atoms with Crippen LogP contribution >= 0.6 is 0 Å². The zero-order valence-corrected chi connectivity index (χ0v) is 12.2. The van der Waals surface area contributed by atoms with Crippen molar-refractivity contribution in [2.24, 2.45) is 5.92 Å². The van der Waals surface area contributed by atoms with E-state index >= 15 is 0 Å². The number of nitrogens with zero attached hydrogens (tertiary/aromatic N) is 2. The molecule has 114 valence electrons. The number of aliphatic hydroxyl groups is 1. The molecule has 2 N–H and O–H groups in total. The molecule has 1 unspecified atom stereocenters. The summed E-state index contributed by atoms with van der Waals surface area (Å²) >= 11 is 0. The molecule has 0 aromatic carbocycles. The smallest absolute Gasteiger partial charge is 0.337 e. The van der Waals surface area contributed by atoms with Crippen LogP contribution in [0.3, 0.4) is 0 Å². The molecular formula is C15H20N2O4. The number of likely N-dealkylation sites (tertiary alicyclic amines) is 1. The Balaban J connectivity index is 2.08. The number of rotatable bonds is 3. The molecule has 6 heteroatoms. The summed E-state index contributed by atoms with van der Waals surface area (Å²) in [5.74, 6) is -0.992. The van der Waals surface area contributed by atoms with Gasteiger partial charge in [0.05, 0.1) is 17.4 Å². The summed E-state index contributed by atoms with van der Waals surface area (Å²) in [5.41, 5.74) is 0.722. The highest BCUT2D eigenvalue weighted by Crippen LogP contribution is 2.21. The molecule has 2 rings (SSSR count). The normalized spacial score (nSPS) is 17.6. The SMILES string of the molecule is Cc1nc(C(=O)N2CCC(C(C)O)CC2)ccc1C(=O)O. The van der Waals surface area contributed by atoms with Gasteiger partial charge in [-0.05, 0) is 44.7 Å². The van der Waals surface area contributed by atoms with E-state index < -0.39 is 5.97 Å². The molecule has 1 aromatic rings. The molecule has 0 bridgehead atoms. The van der Waals surface area contributed by atoms with E-state index in [-0.39, 0.29) is 29.2 Å². The van der Waals surface area contributed by atoms with Crippen molar-refractivity contribution in [2.45, 2.75) is 32.8 Å². The number of piperidine rings is 1. The Kier molecular flexibility index (Phi) is 4.57. The Hall–Kier alpha value is -1.95. The van der Waals surface area contributed by atoms with Gasteiger partial charge in [0.1, 0.15) is 5.69 Å². The molecule has 1 aliphatic rings. The molecule has 1 amide bonds. The summed E-state index contributed by atoms with van der Waals surface area (Å²) in [6.07, 6.45) is 1.20. The van der Waals surface area contributed by atoms with E-state index in [9.17, 15) is 14.7 Å². The lowest BCUT2D eigenvalue weighted by Crippen LogP contribution is -2.41. The lowest BCUT2D eigenvalue weighted by Gasteiger charge is -2.33. The van der Waals surface area contributed by atoms with Crippen molar-refractivity contribution in [2.75, 3.05) is 13.1 Å². The van der Waals surface area contributed by atoms with Gasteiger partial charge in [-0.1, -0.05) is 0 Å². The summed E-state index contributed by atoms with van der Waals surface area (Å²) in [6.45, 7) is 4.54. The van der Waals surface area contributed by atoms with Crippen molar-refractivity contribution in [3.8, 4) is 0 Å². The van der Waals surface area contributed by atoms with Gasteiger partial charge in [-0.3, -0.25) is 4.79 Å². The highest BCUT2D eigenvalue weighted by atomic mass is 16.4. The minimum absolute atomic E-state index is 0.111. The lowest BCUT2D eigenvalue weighted by atomic mass is 9.92. The minimum atomic E-state index is -1.04. The van der Waals surface area contributed by atoms with Gasteiger partial charge in [-0.2, -0.15) is 0 Å². The summed E-state index contributed by atoms with van der Waals surface area (Å²) < 4.78 is 0. The number of aliphatic hydroxyl groups excluding tert-OH is 1. The van der Waals surface area contributed by atoms with Crippen LogP contribution in [0.5, 0.6) is 0 Å². The van der Waals surface area contributed by atoms with Crippen molar-refractivity contribution < 1.29 is 19.8 Å². The van der Waals surface area contributed by atoms with Crippen LogP contribution in [0.15, 0.2) is 12.1 Å². The molecule has 1 saturated heterocycles. The number of carbonyl (C=O) groups excluding carboxylic acids is 1. The first-order chi connectivity index (χ1) is 9.90. The molecule has 2 heterocycles. The maximum atomic E-state index is 12.4. The van der Waals surface area contributed by atoms with Crippen LogP contribution in [-0.4, -0.2) is 51.2 Å². The Bertz CT molecular complexity index is 549. The fourth-order valence-corrected chi connectivity index (χ4v) is 2.65. The average molecular weight is 292 g/mol. The molecule has 0 saturated carbocycles. The fraction of sp³-hybridized carbons (Fsp3) is 0.533. The second-order valence-electron chi connectivity index (χ2n) is 5.50. The third kappa shape index (κ3) is 3.39. The molecule has 1 atom stereocenters. The van der Waals surface area contributed by atoms with Crippen molar-refractivity contribution in [1.29, 1.82) is 0 Å². The van der Waals surface area contributed by atoms with Crippen LogP contribution in [0.25, 0.3) is 0 Å². The van der Waals surface area contributed by atoms with Gasteiger partial charge < -0.3 is 15.1 Å². The number of pyridine rings is 1. The van der Waals surface area contributed by atoms with E-state index in [0.29, 0.717) is 18.8 Å². The number of aryl methyl sites for hydroxylation is 1. The van der Waals surface area contributed by atoms with Gasteiger partial charge in [0.15, 0.2) is 0 Å². The molecule has 1 aromatic heterocycles. The van der Waals surface area contributed by atoms with Gasteiger partial charge in [0.2, 0.25) is 0 Å². The molecule has 1 fully saturated rings. The van der Waals surface area contributed by atoms with E-state index in [2.05, 4.69) is 4.98 Å². The second-order valence-corrected chi connectivity index (χ2v) is 5.50. The predicted octanol–water partition coefficient (Wildman–Crippen LogP) is 1.32. The van der Waals surface area contributed by atoms with E-state index in [1.807, 2.05) is 0 Å². The fourth-order valence-electron chi connectivity index (χ4n) is 2.65. The maximum absolute atomic E-state index is 12.4. The average Bonchev–Trinajstić information content (AvgIpc) is 2.46. The van der Waals surface area contributed by atoms with Crippen LogP contribution in [0, 0.1) is 12.8 Å². The topological polar surface area (TPSA) is 90.7 Å². The number of aromatic nitrogens is 1. The molecule has 0 radical (unpaired) electrons. The van der Waals surface area contributed by atoms with Crippen LogP contribution in [0.2, 0.25) is 0 Å². The standard InChI is InChI=1S/C15H20N2O4/c1-9-12(15(20)21)3-4-13(16-9)14(19)17-7-5-11(6-8-17)10(2)18/h3-4,10-11,18H,5-8H2,1-2H3,(H,20,21). The second kappa shape index (κ2) is 6.22. The van der Waals surface area contributed by atoms with Crippen molar-refractivity contribution >= 4 is 11.9 Å². The van der Waals surface area contributed by atoms with Crippen LogP contribution in [-0.2, 0) is 0 Å². The number of amides is 1. The monoisotopic (exact) mass is 292 g/mol. The minimum Gasteiger partial charge on any atom is -0.478 e. The summed E-state index contributed by atoms with van der Waals surface area (Å²) in [7, 11) is 0. The van der Waals surface area contributed by atoms with Crippen molar-refractivity contribution in [3.05, 3.63) is 29.1 Å². The van der Waals surface area contributed by atoms with Gasteiger partial charge >= 0.3 is 5.97 Å². The molecule has 1 aliphatic heterocycles. The first kappa shape index (κ1) is 15.4. The molecule has 0 spiro atoms. The van der Waals surface area contributed by atoms with E-state index in [1.54, 1.807) is 18.7 Å². The first-order valence-electron chi connectivity index (χ1n) is 7.08. The quantitative estimate of drug-likeness (QED) is 0.877. The van der Waals surface area contributed by atoms with Crippen LogP contribution in [0.1, 0.15) is 46.3 Å². The summed E-state index contributed by atoms with van der Waals surface area (Å²) in [5, 5.41) is 18.5. The van der Waals surface area contributed by atoms with Crippen LogP contribution < -0.4 is 0 Å². The third-order valence-electron chi connectivity index (χ3n) is 4.04. The molecule has 21 heavy (non-hydrogen) atoms. The molecular weight excluding hydrogens is 272 g/mol. The zero-order valence-electron chi connectivity index (χ0n) is 12.2. The summed E-state index contributed by atoms with van der Waals surface area (Å²) in [6, 6.07) is 2.87. The Labute approximate surface area is 123 Å². The van der Waals surface area contributed by atoms with Crippen molar-refractivity contribution in [3.63, 3.8) is 0 Å². The van der Waals surface area contributed by atoms with Gasteiger partial charge in [-0.15, -0.1) is 0 Å². The van der Waals surface area contributed by atoms with E-state index in [0.717, 1.165) is 12.8 Å². The molecule has 6 nitrogen and oxygen atoms in total. The number of carboxylic acid groups (broad SMARTS) is 1. The maximum Gasteiger partial charge on any atom is 0.337 e. The van der Waals surface area contributed by atoms with E-state index in [4.69, 9.17) is 5.11 Å². The number of carbonyl (C=O) groups is 2. The summed E-state index contributed by atoms with van der Waals surface area (Å²) in [4.78, 5) is 29.1. The lowest BCUT2D eigenvalue weighted by molar-refractivity contribution is 0.0516. The number of carboxylic acids is 1. The Morgan fingerprint density at radius 1 is 1.33 bits per heavy atom. The third-order valence-corrected chi connectivity index (χ3v) is 4.04. The number of aromatic carboxylic acids is 1. The first-order valence-corrected chi connectivity index (χ1v) is 7.08. The van der Waals surface area contributed by atoms with Gasteiger partial charge in [0.25, 0.3) is 5.91 Å². The Morgan fingerprint density at radius 3 is 2.43 bits per heavy atom. The van der Waals surface area contributed by atoms with Gasteiger partial charge in [-0.25, -0.2) is 9.78 Å². The van der Waals surface area contributed by atoms with E-state index in [1.165, 1.54) is 12.1 Å². The predicted molar refractivity (Wildman–Crippen MR) is 76.2 cm³/mol. The zero-order chi connectivity index (χ0) is 15.6. The number of hydrogen-bond donors (Lipinski definition) is 2. The highest BCUT2D eigenvalue weighted by molar-refractivity contribution is 5.94. The highest BCUT2D eigenvalue weighted by Gasteiger charge is 2.26.